The van der Waals surface area contributed by atoms with Crippen molar-refractivity contribution in [3.05, 3.63) is 58.4 Å². The molecule has 27 unspecified atom stereocenters. The number of esters is 1. The predicted octanol–water partition coefficient (Wildman–Crippen LogP) is 5.58. The van der Waals surface area contributed by atoms with Gasteiger partial charge in [0.15, 0.2) is 30.8 Å². The number of aldehydes is 1. The molecule has 0 aromatic rings. The number of Topliss-reactive ketones (excluding diaryl/α,β-unsaturated/α-hetero) is 1. The van der Waals surface area contributed by atoms with Crippen LogP contribution in [0.15, 0.2) is 58.4 Å². The minimum atomic E-state index is -1.85. The van der Waals surface area contributed by atoms with E-state index in [1.807, 2.05) is 26.0 Å². The number of carbonyl (C=O) groups is 4. The highest BCUT2D eigenvalue weighted by atomic mass is 16.8. The molecule has 23 nitrogen and oxygen atoms in total. The standard InChI is InChI=1S/C61H90N2O21/c1-27-14-17-43(80-47-25-59(10,63(72)73)54(35(9)79-47)62-58(71)75-13)28(2)19-37-20-36(26-64)31(5)24-61(37)56(69)48(57(70)84-61)55(68)60(11)39(27)16-15-38-49(60)29(3)18-30(4)50(38)81-44-22-41(66)52(33(7)77-44)83-46-23-42(67)53(34(8)78-46)82-45-21-40(65)51(74-12)32(6)76-45/h14-16,19-20,26,29-35,37-47,49-54,65-68,72-73H,17-18,21-25H2,1-13H3,(H,62,71). The van der Waals surface area contributed by atoms with E-state index in [9.17, 15) is 45.2 Å². The number of alkyl carbamates (subject to hydrolysis) is 1. The van der Waals surface area contributed by atoms with Crippen molar-refractivity contribution in [3.63, 3.8) is 0 Å². The van der Waals surface area contributed by atoms with E-state index in [1.54, 1.807) is 53.7 Å². The molecule has 1 amide bonds. The molecule has 0 aromatic heterocycles. The van der Waals surface area contributed by atoms with Gasteiger partial charge in [-0.3, -0.25) is 20.0 Å². The van der Waals surface area contributed by atoms with Crippen LogP contribution in [0.25, 0.3) is 0 Å². The minimum absolute atomic E-state index is 0.0245. The molecule has 4 aliphatic carbocycles. The molecule has 9 aliphatic rings. The fourth-order valence-corrected chi connectivity index (χ4v) is 15.8. The summed E-state index contributed by atoms with van der Waals surface area (Å²) in [5.74, 6) is -5.25. The summed E-state index contributed by atoms with van der Waals surface area (Å²) in [5, 5.41) is 70.9. The SMILES string of the molecule is COC(=O)NC1C(C)OC(OC2CC=C(C)C3C=CC4C(OC5CC(O)C(OC6CC(O)C(OC7CC(O)C(OC)C(C)O7)C(C)O6)C(C)O5)C(C)CC(C)C4C3(C)C(O)=C3C(=O)OC4(CC(C)C(C=O)=CC4C=C2C)C3=O)CC1(C)N(O)O. The van der Waals surface area contributed by atoms with Gasteiger partial charge in [-0.2, -0.15) is 0 Å². The van der Waals surface area contributed by atoms with E-state index in [2.05, 4.69) is 25.2 Å². The first-order valence-electron chi connectivity index (χ1n) is 29.9. The number of amides is 1. The Balaban J connectivity index is 0.986. The Labute approximate surface area is 491 Å². The van der Waals surface area contributed by atoms with Crippen LogP contribution in [0, 0.1) is 46.8 Å². The summed E-state index contributed by atoms with van der Waals surface area (Å²) < 4.78 is 67.8. The lowest BCUT2D eigenvalue weighted by atomic mass is 9.49. The molecule has 84 heavy (non-hydrogen) atoms. The van der Waals surface area contributed by atoms with Crippen LogP contribution in [0.4, 0.5) is 4.79 Å². The highest BCUT2D eigenvalue weighted by Gasteiger charge is 2.64. The van der Waals surface area contributed by atoms with Crippen LogP contribution in [0.2, 0.25) is 0 Å². The number of hydrogen-bond donors (Lipinski definition) is 7. The summed E-state index contributed by atoms with van der Waals surface area (Å²) in [5.41, 5.74) is -3.41. The van der Waals surface area contributed by atoms with Gasteiger partial charge in [-0.05, 0) is 96.1 Å². The Kier molecular flexibility index (Phi) is 19.4. The number of ether oxygens (including phenoxy) is 11. The number of fused-ring (bicyclic) bond motifs is 4. The number of nitrogens with zero attached hydrogens (tertiary/aromatic N) is 1. The molecule has 5 heterocycles. The lowest BCUT2D eigenvalue weighted by Crippen LogP contribution is -2.68. The monoisotopic (exact) mass is 1190 g/mol. The van der Waals surface area contributed by atoms with Gasteiger partial charge in [-0.25, -0.2) is 9.59 Å². The maximum absolute atomic E-state index is 15.5. The summed E-state index contributed by atoms with van der Waals surface area (Å²) in [6.45, 7) is 20.1. The first-order chi connectivity index (χ1) is 39.6. The highest BCUT2D eigenvalue weighted by molar-refractivity contribution is 6.26. The van der Waals surface area contributed by atoms with Crippen LogP contribution >= 0.6 is 0 Å². The zero-order valence-electron chi connectivity index (χ0n) is 50.5. The number of allylic oxidation sites excluding steroid dienone is 4. The van der Waals surface area contributed by atoms with Crippen molar-refractivity contribution >= 4 is 24.1 Å². The fraction of sp³-hybridized carbons (Fsp3) is 0.770. The van der Waals surface area contributed by atoms with Gasteiger partial charge in [0.25, 0.3) is 0 Å². The van der Waals surface area contributed by atoms with Crippen LogP contribution in [0.5, 0.6) is 0 Å². The smallest absolute Gasteiger partial charge is 0.407 e. The topological polar surface area (TPSA) is 306 Å². The summed E-state index contributed by atoms with van der Waals surface area (Å²) in [6, 6.07) is -0.964. The zero-order valence-corrected chi connectivity index (χ0v) is 50.5. The van der Waals surface area contributed by atoms with Gasteiger partial charge >= 0.3 is 12.1 Å². The summed E-state index contributed by atoms with van der Waals surface area (Å²) in [7, 11) is 2.70. The molecule has 0 aromatic carbocycles. The predicted molar refractivity (Wildman–Crippen MR) is 295 cm³/mol. The number of nitrogens with one attached hydrogen (secondary N) is 1. The summed E-state index contributed by atoms with van der Waals surface area (Å²) >= 11 is 0. The summed E-state index contributed by atoms with van der Waals surface area (Å²) in [4.78, 5) is 55.2. The van der Waals surface area contributed by atoms with E-state index in [4.69, 9.17) is 52.1 Å². The molecule has 6 fully saturated rings. The number of hydroxylamine groups is 2. The second-order valence-corrected chi connectivity index (χ2v) is 25.9. The van der Waals surface area contributed by atoms with E-state index >= 15 is 4.79 Å². The quantitative estimate of drug-likeness (QED) is 0.0412. The van der Waals surface area contributed by atoms with Gasteiger partial charge < -0.3 is 77.8 Å². The second-order valence-electron chi connectivity index (χ2n) is 25.9. The number of aliphatic hydroxyl groups excluding tert-OH is 4. The third kappa shape index (κ3) is 11.9. The van der Waals surface area contributed by atoms with Crippen LogP contribution < -0.4 is 5.32 Å². The van der Waals surface area contributed by atoms with Crippen LogP contribution in [0.3, 0.4) is 0 Å². The normalized spacial score (nSPS) is 47.3. The molecule has 23 heteroatoms. The molecule has 27 atom stereocenters. The Morgan fingerprint density at radius 3 is 1.81 bits per heavy atom. The van der Waals surface area contributed by atoms with Crippen molar-refractivity contribution in [1.82, 2.24) is 10.5 Å². The number of ketones is 1. The van der Waals surface area contributed by atoms with Crippen molar-refractivity contribution in [2.75, 3.05) is 14.2 Å². The van der Waals surface area contributed by atoms with Crippen molar-refractivity contribution in [1.29, 1.82) is 0 Å². The minimum Gasteiger partial charge on any atom is -0.511 e. The van der Waals surface area contributed by atoms with E-state index in [1.165, 1.54) is 21.1 Å². The molecular weight excluding hydrogens is 1100 g/mol. The van der Waals surface area contributed by atoms with Crippen molar-refractivity contribution in [2.45, 2.75) is 237 Å². The lowest BCUT2D eigenvalue weighted by Gasteiger charge is -2.56. The Morgan fingerprint density at radius 2 is 1.27 bits per heavy atom. The van der Waals surface area contributed by atoms with E-state index in [-0.39, 0.29) is 55.6 Å². The third-order valence-corrected chi connectivity index (χ3v) is 20.2. The second kappa shape index (κ2) is 25.2. The van der Waals surface area contributed by atoms with E-state index in [0.29, 0.717) is 17.6 Å². The maximum atomic E-state index is 15.5. The van der Waals surface area contributed by atoms with E-state index < -0.39 is 180 Å². The van der Waals surface area contributed by atoms with E-state index in [0.717, 1.165) is 11.9 Å². The van der Waals surface area contributed by atoms with Gasteiger partial charge in [0.2, 0.25) is 5.78 Å². The largest absolute Gasteiger partial charge is 0.511 e. The molecule has 5 saturated heterocycles. The first kappa shape index (κ1) is 64.5. The number of hydrogen-bond acceptors (Lipinski definition) is 22. The van der Waals surface area contributed by atoms with Gasteiger partial charge in [-0.1, -0.05) is 68.9 Å². The Morgan fingerprint density at radius 1 is 0.714 bits per heavy atom. The van der Waals surface area contributed by atoms with Gasteiger partial charge in [0.05, 0.1) is 73.6 Å². The number of methoxy groups -OCH3 is 2. The molecule has 1 saturated carbocycles. The van der Waals surface area contributed by atoms with Crippen molar-refractivity contribution in [3.8, 4) is 0 Å². The summed E-state index contributed by atoms with van der Waals surface area (Å²) in [6.07, 6.45) is -2.57. The number of carbonyl (C=O) groups excluding carboxylic acids is 4. The molecule has 470 valence electrons. The van der Waals surface area contributed by atoms with Gasteiger partial charge in [0.1, 0.15) is 35.9 Å². The fourth-order valence-electron chi connectivity index (χ4n) is 15.8. The average molecular weight is 1190 g/mol. The Hall–Kier alpha value is -4.02. The van der Waals surface area contributed by atoms with Gasteiger partial charge in [-0.15, -0.1) is 0 Å². The molecule has 0 radical (unpaired) electrons. The molecule has 2 bridgehead atoms. The van der Waals surface area contributed by atoms with Crippen molar-refractivity contribution < 1.29 is 102 Å². The average Bonchev–Trinajstić information content (AvgIpc) is 1.41. The highest BCUT2D eigenvalue weighted by Crippen LogP contribution is 2.61. The zero-order chi connectivity index (χ0) is 61.2. The number of aliphatic hydroxyl groups is 4. The molecular formula is C61H90N2O21. The third-order valence-electron chi connectivity index (χ3n) is 20.2. The number of rotatable bonds is 12. The molecule has 9 rings (SSSR count). The first-order valence-corrected chi connectivity index (χ1v) is 29.9. The molecule has 7 N–H and O–H groups in total. The molecule has 5 aliphatic heterocycles. The lowest BCUT2D eigenvalue weighted by molar-refractivity contribution is -0.390. The Bertz CT molecular complexity index is 2570. The van der Waals surface area contributed by atoms with Crippen molar-refractivity contribution in [2.24, 2.45) is 46.8 Å². The molecule has 1 spiro atoms. The van der Waals surface area contributed by atoms with Crippen LogP contribution in [-0.2, 0) is 66.5 Å². The van der Waals surface area contributed by atoms with Crippen LogP contribution in [-0.4, -0.2) is 190 Å². The van der Waals surface area contributed by atoms with Crippen LogP contribution in [0.1, 0.15) is 121 Å². The van der Waals surface area contributed by atoms with Gasteiger partial charge in [0, 0.05) is 62.4 Å². The maximum Gasteiger partial charge on any atom is 0.407 e.